The molecule has 4 aromatic heterocycles. The number of aryl methyl sites for hydroxylation is 3. The molecule has 1 saturated heterocycles. The summed E-state index contributed by atoms with van der Waals surface area (Å²) in [6.45, 7) is 10.2. The molecule has 1 aliphatic rings. The van der Waals surface area contributed by atoms with Gasteiger partial charge in [0, 0.05) is 67.5 Å². The first kappa shape index (κ1) is 26.3. The number of H-pyrrole nitrogens is 1. The predicted octanol–water partition coefficient (Wildman–Crippen LogP) is 4.28. The van der Waals surface area contributed by atoms with Gasteiger partial charge in [0.15, 0.2) is 5.43 Å². The number of pyridine rings is 3. The Morgan fingerprint density at radius 3 is 2.62 bits per heavy atom. The third-order valence-electron chi connectivity index (χ3n) is 7.26. The van der Waals surface area contributed by atoms with E-state index in [0.29, 0.717) is 66.0 Å². The number of anilines is 2. The number of hydrogen-bond acceptors (Lipinski definition) is 7. The fourth-order valence-electron chi connectivity index (χ4n) is 5.25. The molecular weight excluding hydrogens is 494 g/mol. The SMILES string of the molecule is Cc1nc(-c2c[nH]ccc2=O)cc(Nc2cc3c(c(C(C)C)n2)c(C)c(C(=O)N2CCOCC2)n3C)c1C=N. The number of rotatable bonds is 6. The van der Waals surface area contributed by atoms with E-state index in [1.165, 1.54) is 12.3 Å². The fraction of sp³-hybridized carbons (Fsp3) is 0.345. The predicted molar refractivity (Wildman–Crippen MR) is 152 cm³/mol. The average molecular weight is 528 g/mol. The largest absolute Gasteiger partial charge is 0.378 e. The highest BCUT2D eigenvalue weighted by molar-refractivity contribution is 6.03. The van der Waals surface area contributed by atoms with E-state index in [4.69, 9.17) is 15.1 Å². The Balaban J connectivity index is 1.64. The molecule has 3 N–H and O–H groups in total. The molecule has 0 spiro atoms. The van der Waals surface area contributed by atoms with Crippen molar-refractivity contribution in [3.05, 3.63) is 69.0 Å². The number of ether oxygens (including phenoxy) is 1. The zero-order valence-corrected chi connectivity index (χ0v) is 22.9. The number of amides is 1. The standard InChI is InChI=1S/C29H33N7O3/c1-16(2)27-26-17(3)28(29(38)36-8-10-39-11-9-36)35(5)23(26)13-25(34-27)33-21-12-22(32-18(4)19(21)14-30)20-15-31-7-6-24(20)37/h6-7,12-16,30H,8-11H2,1-5H3,(H,31,37)(H,32,33,34). The van der Waals surface area contributed by atoms with E-state index in [-0.39, 0.29) is 17.3 Å². The topological polar surface area (TPSA) is 129 Å². The second-order valence-electron chi connectivity index (χ2n) is 10.1. The van der Waals surface area contributed by atoms with Crippen molar-refractivity contribution in [3.8, 4) is 11.3 Å². The van der Waals surface area contributed by atoms with Crippen molar-refractivity contribution in [1.29, 1.82) is 5.41 Å². The number of aromatic amines is 1. The molecule has 10 heteroatoms. The average Bonchev–Trinajstić information content (AvgIpc) is 3.17. The Morgan fingerprint density at radius 2 is 1.95 bits per heavy atom. The van der Waals surface area contributed by atoms with Crippen molar-refractivity contribution in [1.82, 2.24) is 24.4 Å². The Morgan fingerprint density at radius 1 is 1.21 bits per heavy atom. The van der Waals surface area contributed by atoms with Crippen molar-refractivity contribution in [2.75, 3.05) is 31.6 Å². The maximum atomic E-state index is 13.5. The highest BCUT2D eigenvalue weighted by Gasteiger charge is 2.27. The molecule has 39 heavy (non-hydrogen) atoms. The second kappa shape index (κ2) is 10.5. The quantitative estimate of drug-likeness (QED) is 0.321. The van der Waals surface area contributed by atoms with E-state index in [2.05, 4.69) is 29.1 Å². The summed E-state index contributed by atoms with van der Waals surface area (Å²) in [5, 5.41) is 12.4. The maximum Gasteiger partial charge on any atom is 0.270 e. The third kappa shape index (κ3) is 4.72. The lowest BCUT2D eigenvalue weighted by atomic mass is 10.0. The van der Waals surface area contributed by atoms with Gasteiger partial charge in [0.2, 0.25) is 0 Å². The summed E-state index contributed by atoms with van der Waals surface area (Å²) in [7, 11) is 1.91. The molecule has 0 saturated carbocycles. The summed E-state index contributed by atoms with van der Waals surface area (Å²) in [5.74, 6) is 0.674. The monoisotopic (exact) mass is 527 g/mol. The van der Waals surface area contributed by atoms with Gasteiger partial charge in [0.05, 0.1) is 41.4 Å². The Labute approximate surface area is 226 Å². The molecule has 202 valence electrons. The second-order valence-corrected chi connectivity index (χ2v) is 10.1. The number of nitrogens with zero attached hydrogens (tertiary/aromatic N) is 4. The summed E-state index contributed by atoms with van der Waals surface area (Å²) in [4.78, 5) is 40.4. The number of aromatic nitrogens is 4. The van der Waals surface area contributed by atoms with Crippen LogP contribution in [-0.2, 0) is 11.8 Å². The van der Waals surface area contributed by atoms with Crippen LogP contribution in [0.5, 0.6) is 0 Å². The van der Waals surface area contributed by atoms with Crippen LogP contribution in [-0.4, -0.2) is 62.8 Å². The smallest absolute Gasteiger partial charge is 0.270 e. The van der Waals surface area contributed by atoms with Crippen LogP contribution in [0.2, 0.25) is 0 Å². The molecular formula is C29H33N7O3. The zero-order chi connectivity index (χ0) is 27.8. The van der Waals surface area contributed by atoms with Gasteiger partial charge in [0.25, 0.3) is 5.91 Å². The lowest BCUT2D eigenvalue weighted by molar-refractivity contribution is 0.0296. The molecule has 5 rings (SSSR count). The zero-order valence-electron chi connectivity index (χ0n) is 22.9. The van der Waals surface area contributed by atoms with E-state index in [1.54, 1.807) is 18.5 Å². The van der Waals surface area contributed by atoms with Crippen LogP contribution in [0, 0.1) is 19.3 Å². The first-order valence-corrected chi connectivity index (χ1v) is 13.0. The van der Waals surface area contributed by atoms with Crippen molar-refractivity contribution in [2.24, 2.45) is 7.05 Å². The van der Waals surface area contributed by atoms with Gasteiger partial charge in [-0.1, -0.05) is 13.8 Å². The molecule has 1 aliphatic heterocycles. The van der Waals surface area contributed by atoms with Crippen LogP contribution in [0.1, 0.15) is 52.8 Å². The van der Waals surface area contributed by atoms with Gasteiger partial charge < -0.3 is 29.9 Å². The third-order valence-corrected chi connectivity index (χ3v) is 7.26. The first-order valence-electron chi connectivity index (χ1n) is 13.0. The Kier molecular flexibility index (Phi) is 7.05. The number of carbonyl (C=O) groups excluding carboxylic acids is 1. The molecule has 0 aromatic carbocycles. The summed E-state index contributed by atoms with van der Waals surface area (Å²) < 4.78 is 7.39. The van der Waals surface area contributed by atoms with E-state index in [1.807, 2.05) is 36.4 Å². The number of fused-ring (bicyclic) bond motifs is 1. The first-order chi connectivity index (χ1) is 18.7. The summed E-state index contributed by atoms with van der Waals surface area (Å²) in [5.41, 5.74) is 5.97. The van der Waals surface area contributed by atoms with Crippen LogP contribution < -0.4 is 10.7 Å². The number of nitrogens with one attached hydrogen (secondary N) is 3. The summed E-state index contributed by atoms with van der Waals surface area (Å²) in [6, 6.07) is 5.16. The molecule has 10 nitrogen and oxygen atoms in total. The Bertz CT molecular complexity index is 1650. The van der Waals surface area contributed by atoms with Gasteiger partial charge >= 0.3 is 0 Å². The molecule has 1 fully saturated rings. The number of morpholine rings is 1. The van der Waals surface area contributed by atoms with Crippen molar-refractivity contribution >= 4 is 34.5 Å². The van der Waals surface area contributed by atoms with Crippen molar-refractivity contribution in [3.63, 3.8) is 0 Å². The molecule has 1 amide bonds. The minimum atomic E-state index is -0.146. The summed E-state index contributed by atoms with van der Waals surface area (Å²) >= 11 is 0. The molecule has 0 unspecified atom stereocenters. The van der Waals surface area contributed by atoms with Crippen molar-refractivity contribution in [2.45, 2.75) is 33.6 Å². The normalized spacial score (nSPS) is 13.7. The molecule has 0 atom stereocenters. The maximum absolute atomic E-state index is 13.5. The Hall–Kier alpha value is -4.31. The minimum Gasteiger partial charge on any atom is -0.378 e. The molecule has 0 aliphatic carbocycles. The van der Waals surface area contributed by atoms with Gasteiger partial charge in [-0.25, -0.2) is 4.98 Å². The molecule has 0 radical (unpaired) electrons. The van der Waals surface area contributed by atoms with Crippen LogP contribution >= 0.6 is 0 Å². The van der Waals surface area contributed by atoms with E-state index < -0.39 is 0 Å². The lowest BCUT2D eigenvalue weighted by Gasteiger charge is -2.27. The minimum absolute atomic E-state index is 0.00714. The van der Waals surface area contributed by atoms with Crippen LogP contribution in [0.15, 0.2) is 35.4 Å². The van der Waals surface area contributed by atoms with Gasteiger partial charge in [-0.3, -0.25) is 14.6 Å². The van der Waals surface area contributed by atoms with Gasteiger partial charge in [-0.15, -0.1) is 0 Å². The van der Waals surface area contributed by atoms with Gasteiger partial charge in [-0.2, -0.15) is 0 Å². The highest BCUT2D eigenvalue weighted by Crippen LogP contribution is 2.35. The number of carbonyl (C=O) groups is 1. The van der Waals surface area contributed by atoms with E-state index in [0.717, 1.165) is 22.2 Å². The van der Waals surface area contributed by atoms with Gasteiger partial charge in [-0.05, 0) is 31.4 Å². The fourth-order valence-corrected chi connectivity index (χ4v) is 5.25. The van der Waals surface area contributed by atoms with Crippen LogP contribution in [0.4, 0.5) is 11.5 Å². The van der Waals surface area contributed by atoms with Crippen LogP contribution in [0.3, 0.4) is 0 Å². The summed E-state index contributed by atoms with van der Waals surface area (Å²) in [6.07, 6.45) is 4.45. The van der Waals surface area contributed by atoms with Crippen LogP contribution in [0.25, 0.3) is 22.2 Å². The molecule has 0 bridgehead atoms. The highest BCUT2D eigenvalue weighted by atomic mass is 16.5. The van der Waals surface area contributed by atoms with E-state index in [9.17, 15) is 9.59 Å². The molecule has 4 aromatic rings. The number of hydrogen-bond donors (Lipinski definition) is 3. The van der Waals surface area contributed by atoms with Crippen molar-refractivity contribution < 1.29 is 9.53 Å². The lowest BCUT2D eigenvalue weighted by Crippen LogP contribution is -2.41. The van der Waals surface area contributed by atoms with Gasteiger partial charge in [0.1, 0.15) is 11.5 Å². The van der Waals surface area contributed by atoms with E-state index >= 15 is 0 Å². The molecule has 5 heterocycles.